The summed E-state index contributed by atoms with van der Waals surface area (Å²) in [5.41, 5.74) is 1.54. The van der Waals surface area contributed by atoms with E-state index in [9.17, 15) is 10.1 Å². The number of aromatic nitrogens is 2. The van der Waals surface area contributed by atoms with Crippen LogP contribution >= 0.6 is 12.4 Å². The Morgan fingerprint density at radius 2 is 2.10 bits per heavy atom. The van der Waals surface area contributed by atoms with Crippen LogP contribution < -0.4 is 10.2 Å². The molecule has 0 unspecified atom stereocenters. The minimum atomic E-state index is -0.392. The van der Waals surface area contributed by atoms with Crippen LogP contribution in [-0.2, 0) is 0 Å². The highest BCUT2D eigenvalue weighted by Crippen LogP contribution is 2.24. The lowest BCUT2D eigenvalue weighted by Crippen LogP contribution is -2.41. The smallest absolute Gasteiger partial charge is 0.271 e. The molecule has 8 heteroatoms. The molecule has 21 heavy (non-hydrogen) atoms. The Balaban J connectivity index is 0.00000161. The van der Waals surface area contributed by atoms with Gasteiger partial charge in [-0.05, 0) is 32.0 Å². The van der Waals surface area contributed by atoms with Crippen molar-refractivity contribution in [3.05, 3.63) is 28.3 Å². The zero-order chi connectivity index (χ0) is 14.1. The second-order valence-corrected chi connectivity index (χ2v) is 5.11. The summed E-state index contributed by atoms with van der Waals surface area (Å²) in [5, 5.41) is 14.1. The molecule has 7 nitrogen and oxygen atoms in total. The number of piperidine rings is 1. The van der Waals surface area contributed by atoms with Crippen molar-refractivity contribution in [2.24, 2.45) is 0 Å². The van der Waals surface area contributed by atoms with Gasteiger partial charge in [-0.15, -0.1) is 12.4 Å². The van der Waals surface area contributed by atoms with Crippen LogP contribution in [0, 0.1) is 10.1 Å². The molecule has 0 aliphatic carbocycles. The van der Waals surface area contributed by atoms with E-state index in [0.29, 0.717) is 11.6 Å². The molecule has 0 bridgehead atoms. The summed E-state index contributed by atoms with van der Waals surface area (Å²) in [6, 6.07) is 5.15. The molecule has 114 valence electrons. The molecule has 3 rings (SSSR count). The van der Waals surface area contributed by atoms with Gasteiger partial charge in [0.15, 0.2) is 0 Å². The van der Waals surface area contributed by atoms with Crippen LogP contribution in [0.5, 0.6) is 0 Å². The number of halogens is 1. The van der Waals surface area contributed by atoms with Crippen LogP contribution in [0.2, 0.25) is 0 Å². The number of hydrogen-bond acceptors (Lipinski definition) is 5. The van der Waals surface area contributed by atoms with Gasteiger partial charge in [0.2, 0.25) is 5.95 Å². The number of nitrogens with one attached hydrogen (secondary N) is 2. The standard InChI is InChI=1S/C13H17N5O2.ClH/c1-17(9-4-6-14-7-5-9)13-15-11-3-2-10(18(19)20)8-12(11)16-13;/h2-3,8-9,14H,4-7H2,1H3,(H,15,16);1H. The first-order valence-electron chi connectivity index (χ1n) is 6.73. The third kappa shape index (κ3) is 3.08. The molecule has 0 amide bonds. The maximum atomic E-state index is 10.8. The Bertz CT molecular complexity index is 639. The van der Waals surface area contributed by atoms with Crippen molar-refractivity contribution < 1.29 is 4.92 Å². The highest BCUT2D eigenvalue weighted by atomic mass is 35.5. The van der Waals surface area contributed by atoms with Gasteiger partial charge in [-0.3, -0.25) is 10.1 Å². The number of nitro groups is 1. The number of aromatic amines is 1. The van der Waals surface area contributed by atoms with E-state index in [1.165, 1.54) is 12.1 Å². The molecular formula is C13H18ClN5O2. The van der Waals surface area contributed by atoms with Crippen LogP contribution in [0.3, 0.4) is 0 Å². The number of imidazole rings is 1. The molecule has 1 aliphatic heterocycles. The normalized spacial score (nSPS) is 15.7. The van der Waals surface area contributed by atoms with Crippen molar-refractivity contribution >= 4 is 35.1 Å². The average molecular weight is 312 g/mol. The molecule has 2 N–H and O–H groups in total. The van der Waals surface area contributed by atoms with Gasteiger partial charge in [0.05, 0.1) is 16.0 Å². The monoisotopic (exact) mass is 311 g/mol. The van der Waals surface area contributed by atoms with Crippen molar-refractivity contribution in [3.63, 3.8) is 0 Å². The Morgan fingerprint density at radius 1 is 1.38 bits per heavy atom. The topological polar surface area (TPSA) is 87.1 Å². The van der Waals surface area contributed by atoms with Crippen molar-refractivity contribution in [3.8, 4) is 0 Å². The number of rotatable bonds is 3. The number of H-pyrrole nitrogens is 1. The van der Waals surface area contributed by atoms with E-state index >= 15 is 0 Å². The lowest BCUT2D eigenvalue weighted by atomic mass is 10.1. The predicted molar refractivity (Wildman–Crippen MR) is 84.3 cm³/mol. The second kappa shape index (κ2) is 6.28. The third-order valence-electron chi connectivity index (χ3n) is 3.85. The molecule has 0 atom stereocenters. The lowest BCUT2D eigenvalue weighted by Gasteiger charge is -2.31. The van der Waals surface area contributed by atoms with Crippen molar-refractivity contribution in [1.29, 1.82) is 0 Å². The van der Waals surface area contributed by atoms with E-state index in [1.54, 1.807) is 6.07 Å². The summed E-state index contributed by atoms with van der Waals surface area (Å²) in [7, 11) is 2.02. The van der Waals surface area contributed by atoms with Crippen LogP contribution in [0.4, 0.5) is 11.6 Å². The molecule has 1 saturated heterocycles. The molecular weight excluding hydrogens is 294 g/mol. The number of nitrogens with zero attached hydrogens (tertiary/aromatic N) is 3. The average Bonchev–Trinajstić information content (AvgIpc) is 2.90. The van der Waals surface area contributed by atoms with Crippen molar-refractivity contribution in [1.82, 2.24) is 15.3 Å². The maximum Gasteiger partial charge on any atom is 0.271 e. The first-order valence-corrected chi connectivity index (χ1v) is 6.73. The molecule has 0 radical (unpaired) electrons. The zero-order valence-corrected chi connectivity index (χ0v) is 12.5. The summed E-state index contributed by atoms with van der Waals surface area (Å²) in [5.74, 6) is 0.771. The van der Waals surface area contributed by atoms with Gasteiger partial charge in [-0.25, -0.2) is 4.98 Å². The van der Waals surface area contributed by atoms with E-state index in [2.05, 4.69) is 20.2 Å². The molecule has 1 aromatic carbocycles. The van der Waals surface area contributed by atoms with Crippen molar-refractivity contribution in [2.45, 2.75) is 18.9 Å². The molecule has 0 spiro atoms. The highest BCUT2D eigenvalue weighted by molar-refractivity contribution is 5.85. The van der Waals surface area contributed by atoms with Crippen molar-refractivity contribution in [2.75, 3.05) is 25.0 Å². The van der Waals surface area contributed by atoms with E-state index in [-0.39, 0.29) is 18.1 Å². The Hall–Kier alpha value is -1.86. The molecule has 1 aliphatic rings. The van der Waals surface area contributed by atoms with E-state index in [1.807, 2.05) is 7.05 Å². The fourth-order valence-electron chi connectivity index (χ4n) is 2.63. The number of hydrogen-bond donors (Lipinski definition) is 2. The second-order valence-electron chi connectivity index (χ2n) is 5.11. The van der Waals surface area contributed by atoms with Crippen LogP contribution in [0.15, 0.2) is 18.2 Å². The predicted octanol–water partition coefficient (Wildman–Crippen LogP) is 2.08. The first kappa shape index (κ1) is 15.5. The molecule has 2 aromatic rings. The summed E-state index contributed by atoms with van der Waals surface area (Å²) in [6.07, 6.45) is 2.15. The summed E-state index contributed by atoms with van der Waals surface area (Å²) in [4.78, 5) is 20.2. The third-order valence-corrected chi connectivity index (χ3v) is 3.85. The number of fused-ring (bicyclic) bond motifs is 1. The SMILES string of the molecule is CN(c1nc2ccc([N+](=O)[O-])cc2[nH]1)C1CCNCC1.Cl. The molecule has 0 saturated carbocycles. The van der Waals surface area contributed by atoms with Crippen LogP contribution in [-0.4, -0.2) is 41.1 Å². The number of anilines is 1. The Morgan fingerprint density at radius 3 is 2.76 bits per heavy atom. The van der Waals surface area contributed by atoms with Crippen LogP contribution in [0.25, 0.3) is 11.0 Å². The van der Waals surface area contributed by atoms with E-state index in [4.69, 9.17) is 0 Å². The van der Waals surface area contributed by atoms with Gasteiger partial charge >= 0.3 is 0 Å². The number of benzene rings is 1. The fraction of sp³-hybridized carbons (Fsp3) is 0.462. The molecule has 2 heterocycles. The summed E-state index contributed by atoms with van der Waals surface area (Å²) >= 11 is 0. The Kier molecular flexibility index (Phi) is 4.64. The van der Waals surface area contributed by atoms with Gasteiger partial charge in [0.25, 0.3) is 5.69 Å². The van der Waals surface area contributed by atoms with Gasteiger partial charge in [0.1, 0.15) is 0 Å². The van der Waals surface area contributed by atoms with Gasteiger partial charge < -0.3 is 15.2 Å². The zero-order valence-electron chi connectivity index (χ0n) is 11.7. The van der Waals surface area contributed by atoms with Gasteiger partial charge in [0, 0.05) is 25.2 Å². The van der Waals surface area contributed by atoms with Gasteiger partial charge in [-0.2, -0.15) is 0 Å². The number of non-ortho nitro benzene ring substituents is 1. The highest BCUT2D eigenvalue weighted by Gasteiger charge is 2.20. The van der Waals surface area contributed by atoms with Gasteiger partial charge in [-0.1, -0.05) is 0 Å². The minimum Gasteiger partial charge on any atom is -0.342 e. The van der Waals surface area contributed by atoms with E-state index in [0.717, 1.165) is 37.4 Å². The largest absolute Gasteiger partial charge is 0.342 e. The Labute approximate surface area is 128 Å². The van der Waals surface area contributed by atoms with E-state index < -0.39 is 4.92 Å². The summed E-state index contributed by atoms with van der Waals surface area (Å²) < 4.78 is 0. The molecule has 1 aromatic heterocycles. The summed E-state index contributed by atoms with van der Waals surface area (Å²) in [6.45, 7) is 2.03. The molecule has 1 fully saturated rings. The fourth-order valence-corrected chi connectivity index (χ4v) is 2.63. The maximum absolute atomic E-state index is 10.8. The quantitative estimate of drug-likeness (QED) is 0.669. The lowest BCUT2D eigenvalue weighted by molar-refractivity contribution is -0.384. The minimum absolute atomic E-state index is 0. The first-order chi connectivity index (χ1) is 9.65. The number of nitro benzene ring substituents is 1. The van der Waals surface area contributed by atoms with Crippen LogP contribution in [0.1, 0.15) is 12.8 Å².